The lowest BCUT2D eigenvalue weighted by molar-refractivity contribution is -0.919. The van der Waals surface area contributed by atoms with E-state index in [1.165, 1.54) is 43.5 Å². The van der Waals surface area contributed by atoms with Crippen LogP contribution in [-0.2, 0) is 13.0 Å². The minimum absolute atomic E-state index is 0.0325. The predicted octanol–water partition coefficient (Wildman–Crippen LogP) is 3.99. The molecule has 1 aliphatic heterocycles. The van der Waals surface area contributed by atoms with Crippen molar-refractivity contribution in [3.63, 3.8) is 0 Å². The highest BCUT2D eigenvalue weighted by atomic mass is 32.2. The third-order valence-corrected chi connectivity index (χ3v) is 7.05. The van der Waals surface area contributed by atoms with Crippen molar-refractivity contribution in [1.29, 1.82) is 0 Å². The van der Waals surface area contributed by atoms with Crippen LogP contribution in [0.2, 0.25) is 0 Å². The Bertz CT molecular complexity index is 775. The van der Waals surface area contributed by atoms with Crippen molar-refractivity contribution in [2.24, 2.45) is 5.92 Å². The van der Waals surface area contributed by atoms with E-state index in [0.717, 1.165) is 23.8 Å². The molecule has 0 bridgehead atoms. The summed E-state index contributed by atoms with van der Waals surface area (Å²) >= 11 is 1.88. The zero-order valence-electron chi connectivity index (χ0n) is 18.7. The van der Waals surface area contributed by atoms with Gasteiger partial charge in [0.2, 0.25) is 0 Å². The summed E-state index contributed by atoms with van der Waals surface area (Å²) in [5.41, 5.74) is 3.55. The number of rotatable bonds is 8. The van der Waals surface area contributed by atoms with Gasteiger partial charge in [0, 0.05) is 28.2 Å². The van der Waals surface area contributed by atoms with Crippen LogP contribution in [0.5, 0.6) is 0 Å². The van der Waals surface area contributed by atoms with Gasteiger partial charge in [-0.05, 0) is 42.9 Å². The molecule has 2 aromatic rings. The molecule has 162 valence electrons. The number of benzene rings is 2. The molecule has 0 radical (unpaired) electrons. The average Bonchev–Trinajstić information content (AvgIpc) is 2.73. The normalized spacial score (nSPS) is 19.4. The van der Waals surface area contributed by atoms with Crippen LogP contribution in [0.25, 0.3) is 0 Å². The van der Waals surface area contributed by atoms with E-state index in [1.807, 2.05) is 23.9 Å². The zero-order valence-corrected chi connectivity index (χ0v) is 19.6. The second-order valence-corrected chi connectivity index (χ2v) is 11.4. The Kier molecular flexibility index (Phi) is 8.41. The molecule has 0 aliphatic carbocycles. The second-order valence-electron chi connectivity index (χ2n) is 9.47. The lowest BCUT2D eigenvalue weighted by Crippen LogP contribution is -3.11. The lowest BCUT2D eigenvalue weighted by Gasteiger charge is -2.29. The highest BCUT2D eigenvalue weighted by Gasteiger charge is 2.22. The molecule has 30 heavy (non-hydrogen) atoms. The average molecular weight is 426 g/mol. The molecule has 1 heterocycles. The summed E-state index contributed by atoms with van der Waals surface area (Å²) in [6, 6.07) is 19.1. The number of likely N-dealkylation sites (tertiary alicyclic amines) is 1. The number of hydrogen-bond donors (Lipinski definition) is 2. The van der Waals surface area contributed by atoms with Gasteiger partial charge in [-0.15, -0.1) is 0 Å². The second kappa shape index (κ2) is 11.0. The number of piperidine rings is 1. The molecule has 4 heteroatoms. The van der Waals surface area contributed by atoms with Crippen molar-refractivity contribution in [2.75, 3.05) is 25.4 Å². The molecule has 3 rings (SSSR count). The third-order valence-electron chi connectivity index (χ3n) is 5.77. The molecule has 1 fully saturated rings. The van der Waals surface area contributed by atoms with Gasteiger partial charge >= 0.3 is 0 Å². The fourth-order valence-electron chi connectivity index (χ4n) is 4.10. The van der Waals surface area contributed by atoms with E-state index in [1.54, 1.807) is 4.90 Å². The van der Waals surface area contributed by atoms with Crippen molar-refractivity contribution in [3.05, 3.63) is 71.3 Å². The number of carbonyl (C=O) groups excluding carboxylic acids is 1. The highest BCUT2D eigenvalue weighted by molar-refractivity contribution is 8.00. The molecule has 3 nitrogen and oxygen atoms in total. The minimum atomic E-state index is 0.0325. The van der Waals surface area contributed by atoms with Crippen LogP contribution in [-0.4, -0.2) is 36.0 Å². The summed E-state index contributed by atoms with van der Waals surface area (Å²) in [7, 11) is 0. The minimum Gasteiger partial charge on any atom is -0.351 e. The van der Waals surface area contributed by atoms with Crippen LogP contribution < -0.4 is 10.2 Å². The van der Waals surface area contributed by atoms with Gasteiger partial charge < -0.3 is 10.2 Å². The largest absolute Gasteiger partial charge is 0.351 e. The quantitative estimate of drug-likeness (QED) is 0.627. The summed E-state index contributed by atoms with van der Waals surface area (Å²) in [5, 5.41) is 3.03. The molecule has 1 amide bonds. The fourth-order valence-corrected chi connectivity index (χ4v) is 4.92. The molecule has 1 saturated heterocycles. The maximum absolute atomic E-state index is 12.3. The first-order valence-corrected chi connectivity index (χ1v) is 12.3. The van der Waals surface area contributed by atoms with E-state index in [-0.39, 0.29) is 10.7 Å². The van der Waals surface area contributed by atoms with Crippen LogP contribution >= 0.6 is 11.8 Å². The zero-order chi connectivity index (χ0) is 21.4. The molecular weight excluding hydrogens is 388 g/mol. The molecule has 1 aliphatic rings. The summed E-state index contributed by atoms with van der Waals surface area (Å²) in [6.45, 7) is 10.9. The number of quaternary nitrogens is 1. The maximum atomic E-state index is 12.3. The van der Waals surface area contributed by atoms with E-state index in [2.05, 4.69) is 68.6 Å². The number of amides is 1. The Labute approximate surface area is 186 Å². The van der Waals surface area contributed by atoms with Crippen molar-refractivity contribution in [2.45, 2.75) is 51.3 Å². The first-order chi connectivity index (χ1) is 14.4. The van der Waals surface area contributed by atoms with Gasteiger partial charge in [0.25, 0.3) is 5.91 Å². The molecule has 0 spiro atoms. The SMILES string of the molecule is CC(C)(C)SCCNC(=O)c1ccc(C[NH+]2CCC(Cc3ccccc3)CC2)cc1. The topological polar surface area (TPSA) is 33.5 Å². The van der Waals surface area contributed by atoms with Crippen LogP contribution in [0.3, 0.4) is 0 Å². The summed E-state index contributed by atoms with van der Waals surface area (Å²) < 4.78 is 0.241. The molecule has 0 aromatic heterocycles. The Morgan fingerprint density at radius 1 is 1.00 bits per heavy atom. The summed E-state index contributed by atoms with van der Waals surface area (Å²) in [6.07, 6.45) is 3.82. The van der Waals surface area contributed by atoms with Crippen molar-refractivity contribution >= 4 is 17.7 Å². The van der Waals surface area contributed by atoms with Gasteiger partial charge in [-0.1, -0.05) is 63.2 Å². The Hall–Kier alpha value is -1.78. The molecule has 2 aromatic carbocycles. The van der Waals surface area contributed by atoms with Gasteiger partial charge in [0.05, 0.1) is 13.1 Å². The number of carbonyl (C=O) groups is 1. The Morgan fingerprint density at radius 2 is 1.67 bits per heavy atom. The van der Waals surface area contributed by atoms with E-state index >= 15 is 0 Å². The van der Waals surface area contributed by atoms with Gasteiger partial charge in [0.1, 0.15) is 6.54 Å². The van der Waals surface area contributed by atoms with Gasteiger partial charge in [-0.3, -0.25) is 4.79 Å². The first-order valence-electron chi connectivity index (χ1n) is 11.3. The lowest BCUT2D eigenvalue weighted by atomic mass is 9.90. The van der Waals surface area contributed by atoms with Gasteiger partial charge in [-0.25, -0.2) is 0 Å². The summed E-state index contributed by atoms with van der Waals surface area (Å²) in [4.78, 5) is 14.0. The number of hydrogen-bond acceptors (Lipinski definition) is 2. The summed E-state index contributed by atoms with van der Waals surface area (Å²) in [5.74, 6) is 1.79. The molecule has 2 N–H and O–H groups in total. The van der Waals surface area contributed by atoms with Crippen LogP contribution in [0.15, 0.2) is 54.6 Å². The van der Waals surface area contributed by atoms with Crippen LogP contribution in [0, 0.1) is 5.92 Å². The van der Waals surface area contributed by atoms with Gasteiger partial charge in [-0.2, -0.15) is 11.8 Å². The molecule has 0 unspecified atom stereocenters. The smallest absolute Gasteiger partial charge is 0.251 e. The highest BCUT2D eigenvalue weighted by Crippen LogP contribution is 2.22. The van der Waals surface area contributed by atoms with E-state index in [9.17, 15) is 4.79 Å². The number of thioether (sulfide) groups is 1. The maximum Gasteiger partial charge on any atom is 0.251 e. The van der Waals surface area contributed by atoms with Gasteiger partial charge in [0.15, 0.2) is 0 Å². The Balaban J connectivity index is 1.39. The molecule has 0 saturated carbocycles. The fraction of sp³-hybridized carbons (Fsp3) is 0.500. The van der Waals surface area contributed by atoms with E-state index in [4.69, 9.17) is 0 Å². The van der Waals surface area contributed by atoms with E-state index < -0.39 is 0 Å². The third kappa shape index (κ3) is 7.81. The molecular formula is C26H37N2OS+. The van der Waals surface area contributed by atoms with Crippen molar-refractivity contribution in [3.8, 4) is 0 Å². The Morgan fingerprint density at radius 3 is 2.30 bits per heavy atom. The predicted molar refractivity (Wildman–Crippen MR) is 128 cm³/mol. The van der Waals surface area contributed by atoms with Crippen LogP contribution in [0.4, 0.5) is 0 Å². The number of nitrogens with one attached hydrogen (secondary N) is 2. The van der Waals surface area contributed by atoms with Crippen molar-refractivity contribution in [1.82, 2.24) is 5.32 Å². The van der Waals surface area contributed by atoms with Crippen molar-refractivity contribution < 1.29 is 9.69 Å². The first kappa shape index (κ1) is 22.9. The van der Waals surface area contributed by atoms with E-state index in [0.29, 0.717) is 6.54 Å². The van der Waals surface area contributed by atoms with Crippen LogP contribution in [0.1, 0.15) is 55.1 Å². The standard InChI is InChI=1S/C26H36N2OS/c1-26(2,3)30-18-15-27-25(29)24-11-9-23(10-12-24)20-28-16-13-22(14-17-28)19-21-7-5-4-6-8-21/h4-12,22H,13-20H2,1-3H3,(H,27,29)/p+1. The monoisotopic (exact) mass is 425 g/mol. The molecule has 0 atom stereocenters.